The van der Waals surface area contributed by atoms with E-state index < -0.39 is 0 Å². The fourth-order valence-corrected chi connectivity index (χ4v) is 3.74. The zero-order valence-electron chi connectivity index (χ0n) is 16.0. The van der Waals surface area contributed by atoms with Crippen molar-refractivity contribution in [1.29, 1.82) is 0 Å². The lowest BCUT2D eigenvalue weighted by molar-refractivity contribution is 0.413. The monoisotopic (exact) mass is 389 g/mol. The molecule has 0 unspecified atom stereocenters. The van der Waals surface area contributed by atoms with Gasteiger partial charge in [0.05, 0.1) is 6.26 Å². The predicted molar refractivity (Wildman–Crippen MR) is 111 cm³/mol. The Morgan fingerprint density at radius 3 is 2.66 bits per heavy atom. The molecule has 8 heteroatoms. The van der Waals surface area contributed by atoms with Crippen LogP contribution in [0.1, 0.15) is 18.4 Å². The summed E-state index contributed by atoms with van der Waals surface area (Å²) in [5.74, 6) is 2.28. The van der Waals surface area contributed by atoms with Gasteiger partial charge in [-0.25, -0.2) is 4.98 Å². The Kier molecular flexibility index (Phi) is 4.61. The minimum Gasteiger partial charge on any atom is -0.461 e. The van der Waals surface area contributed by atoms with Gasteiger partial charge in [0.2, 0.25) is 11.8 Å². The van der Waals surface area contributed by atoms with E-state index in [-0.39, 0.29) is 0 Å². The van der Waals surface area contributed by atoms with Crippen LogP contribution in [-0.4, -0.2) is 38.7 Å². The van der Waals surface area contributed by atoms with Gasteiger partial charge in [0.25, 0.3) is 0 Å². The number of nitrogen functional groups attached to an aromatic ring is 1. The molecule has 1 aromatic carbocycles. The summed E-state index contributed by atoms with van der Waals surface area (Å²) < 4.78 is 6.94. The minimum atomic E-state index is 0.326. The average molecular weight is 389 g/mol. The second-order valence-corrected chi connectivity index (χ2v) is 7.28. The molecular formula is C21H23N7O. The van der Waals surface area contributed by atoms with Gasteiger partial charge < -0.3 is 20.4 Å². The van der Waals surface area contributed by atoms with Crippen molar-refractivity contribution in [1.82, 2.24) is 24.9 Å². The molecule has 1 aliphatic heterocycles. The van der Waals surface area contributed by atoms with E-state index in [4.69, 9.17) is 10.2 Å². The number of hydrogen-bond acceptors (Lipinski definition) is 7. The Balaban J connectivity index is 1.27. The Hall–Kier alpha value is -3.39. The van der Waals surface area contributed by atoms with Crippen molar-refractivity contribution in [3.05, 3.63) is 60.4 Å². The first-order chi connectivity index (χ1) is 14.3. The molecule has 0 spiro atoms. The number of nitrogens with zero attached hydrogens (tertiary/aromatic N) is 5. The smallest absolute Gasteiger partial charge is 0.225 e. The van der Waals surface area contributed by atoms with Crippen molar-refractivity contribution in [3.63, 3.8) is 0 Å². The summed E-state index contributed by atoms with van der Waals surface area (Å²) in [7, 11) is 0. The number of hydrogen-bond donors (Lipinski definition) is 2. The predicted octanol–water partition coefficient (Wildman–Crippen LogP) is 2.73. The van der Waals surface area contributed by atoms with Crippen molar-refractivity contribution >= 4 is 17.4 Å². The van der Waals surface area contributed by atoms with E-state index in [1.165, 1.54) is 5.56 Å². The largest absolute Gasteiger partial charge is 0.461 e. The highest BCUT2D eigenvalue weighted by molar-refractivity contribution is 5.59. The molecule has 1 fully saturated rings. The fraction of sp³-hybridized carbons (Fsp3) is 0.286. The van der Waals surface area contributed by atoms with Crippen LogP contribution in [0.15, 0.2) is 59.2 Å². The van der Waals surface area contributed by atoms with Gasteiger partial charge in [-0.2, -0.15) is 9.50 Å². The molecule has 4 aromatic rings. The van der Waals surface area contributed by atoms with Crippen molar-refractivity contribution in [2.75, 3.05) is 23.7 Å². The van der Waals surface area contributed by atoms with Gasteiger partial charge in [-0.05, 0) is 30.5 Å². The van der Waals surface area contributed by atoms with E-state index in [1.54, 1.807) is 10.8 Å². The third-order valence-corrected chi connectivity index (χ3v) is 5.33. The first-order valence-electron chi connectivity index (χ1n) is 9.86. The molecule has 3 N–H and O–H groups in total. The lowest BCUT2D eigenvalue weighted by atomic mass is 10.0. The lowest BCUT2D eigenvalue weighted by Gasteiger charge is -2.33. The zero-order valence-corrected chi connectivity index (χ0v) is 16.0. The van der Waals surface area contributed by atoms with E-state index in [1.807, 2.05) is 24.3 Å². The van der Waals surface area contributed by atoms with E-state index in [0.717, 1.165) is 38.3 Å². The first-order valence-corrected chi connectivity index (χ1v) is 9.86. The molecule has 3 aromatic heterocycles. The maximum absolute atomic E-state index is 6.15. The highest BCUT2D eigenvalue weighted by Crippen LogP contribution is 2.23. The van der Waals surface area contributed by atoms with Crippen molar-refractivity contribution < 1.29 is 4.42 Å². The minimum absolute atomic E-state index is 0.326. The van der Waals surface area contributed by atoms with Crippen LogP contribution in [0.5, 0.6) is 0 Å². The van der Waals surface area contributed by atoms with E-state index in [9.17, 15) is 0 Å². The Morgan fingerprint density at radius 1 is 1.07 bits per heavy atom. The van der Waals surface area contributed by atoms with E-state index in [0.29, 0.717) is 29.2 Å². The van der Waals surface area contributed by atoms with Gasteiger partial charge in [-0.1, -0.05) is 30.3 Å². The molecule has 0 amide bonds. The van der Waals surface area contributed by atoms with Crippen LogP contribution in [0.3, 0.4) is 0 Å². The molecule has 4 heterocycles. The van der Waals surface area contributed by atoms with Gasteiger partial charge in [0.1, 0.15) is 5.82 Å². The summed E-state index contributed by atoms with van der Waals surface area (Å²) in [5, 5.41) is 8.06. The molecule has 0 radical (unpaired) electrons. The third-order valence-electron chi connectivity index (χ3n) is 5.33. The first kappa shape index (κ1) is 17.7. The van der Waals surface area contributed by atoms with Gasteiger partial charge >= 0.3 is 0 Å². The maximum Gasteiger partial charge on any atom is 0.225 e. The number of nitrogens with two attached hydrogens (primary N) is 1. The molecule has 148 valence electrons. The molecule has 0 atom stereocenters. The summed E-state index contributed by atoms with van der Waals surface area (Å²) in [6.07, 6.45) is 3.72. The molecule has 0 bridgehead atoms. The number of anilines is 2. The summed E-state index contributed by atoms with van der Waals surface area (Å²) in [6.45, 7) is 2.75. The molecule has 0 saturated carbocycles. The van der Waals surface area contributed by atoms with Gasteiger partial charge in [0, 0.05) is 31.7 Å². The number of nitrogens with one attached hydrogen (secondary N) is 1. The van der Waals surface area contributed by atoms with Crippen LogP contribution in [0.4, 0.5) is 11.8 Å². The summed E-state index contributed by atoms with van der Waals surface area (Å²) in [4.78, 5) is 11.4. The highest BCUT2D eigenvalue weighted by Gasteiger charge is 2.21. The van der Waals surface area contributed by atoms with Crippen LogP contribution in [0.25, 0.3) is 17.2 Å². The summed E-state index contributed by atoms with van der Waals surface area (Å²) in [5.41, 5.74) is 8.13. The zero-order chi connectivity index (χ0) is 19.6. The van der Waals surface area contributed by atoms with Gasteiger partial charge in [-0.3, -0.25) is 0 Å². The summed E-state index contributed by atoms with van der Waals surface area (Å²) >= 11 is 0. The molecule has 1 aliphatic rings. The number of benzene rings is 1. The average Bonchev–Trinajstić information content (AvgIpc) is 3.43. The van der Waals surface area contributed by atoms with Crippen LogP contribution in [-0.2, 0) is 6.54 Å². The topological polar surface area (TPSA) is 97.5 Å². The second kappa shape index (κ2) is 7.56. The van der Waals surface area contributed by atoms with E-state index in [2.05, 4.69) is 49.5 Å². The SMILES string of the molecule is Nc1nc(N2CCC(NCc3ccccc3)CC2)cc2nc(-c3ccco3)nn12. The number of furan rings is 1. The van der Waals surface area contributed by atoms with Gasteiger partial charge in [0.15, 0.2) is 11.4 Å². The Bertz CT molecular complexity index is 1080. The number of rotatable bonds is 5. The molecular weight excluding hydrogens is 366 g/mol. The molecule has 1 saturated heterocycles. The fourth-order valence-electron chi connectivity index (χ4n) is 3.74. The van der Waals surface area contributed by atoms with Crippen molar-refractivity contribution in [2.24, 2.45) is 0 Å². The maximum atomic E-state index is 6.15. The Labute approximate surface area is 168 Å². The van der Waals surface area contributed by atoms with Crippen LogP contribution in [0, 0.1) is 0 Å². The Morgan fingerprint density at radius 2 is 1.90 bits per heavy atom. The summed E-state index contributed by atoms with van der Waals surface area (Å²) in [6, 6.07) is 16.6. The molecule has 29 heavy (non-hydrogen) atoms. The quantitative estimate of drug-likeness (QED) is 0.542. The van der Waals surface area contributed by atoms with Crippen molar-refractivity contribution in [3.8, 4) is 11.6 Å². The van der Waals surface area contributed by atoms with Crippen LogP contribution >= 0.6 is 0 Å². The molecule has 5 rings (SSSR count). The normalized spacial score (nSPS) is 15.2. The lowest BCUT2D eigenvalue weighted by Crippen LogP contribution is -2.42. The van der Waals surface area contributed by atoms with E-state index >= 15 is 0 Å². The van der Waals surface area contributed by atoms with Crippen molar-refractivity contribution in [2.45, 2.75) is 25.4 Å². The van der Waals surface area contributed by atoms with Crippen LogP contribution < -0.4 is 16.0 Å². The number of aromatic nitrogens is 4. The molecule has 0 aliphatic carbocycles. The third kappa shape index (κ3) is 3.66. The van der Waals surface area contributed by atoms with Crippen LogP contribution in [0.2, 0.25) is 0 Å². The highest BCUT2D eigenvalue weighted by atomic mass is 16.3. The standard InChI is InChI=1S/C21H23N7O/c22-21-25-18(13-19-24-20(26-28(19)21)17-7-4-12-29-17)27-10-8-16(9-11-27)23-14-15-5-2-1-3-6-15/h1-7,12-13,16,23H,8-11,14H2,(H2,22,25). The molecule has 8 nitrogen and oxygen atoms in total. The number of piperidine rings is 1. The number of fused-ring (bicyclic) bond motifs is 1. The van der Waals surface area contributed by atoms with Gasteiger partial charge in [-0.15, -0.1) is 5.10 Å². The second-order valence-electron chi connectivity index (χ2n) is 7.28.